The summed E-state index contributed by atoms with van der Waals surface area (Å²) in [5.74, 6) is -0.0411. The van der Waals surface area contributed by atoms with Gasteiger partial charge in [-0.15, -0.1) is 11.8 Å². The monoisotopic (exact) mass is 445 g/mol. The van der Waals surface area contributed by atoms with Crippen molar-refractivity contribution >= 4 is 29.5 Å². The van der Waals surface area contributed by atoms with Crippen LogP contribution in [0.1, 0.15) is 75.7 Å². The number of carbonyl (C=O) groups excluding carboxylic acids is 3. The highest BCUT2D eigenvalue weighted by atomic mass is 32.2. The summed E-state index contributed by atoms with van der Waals surface area (Å²) in [6.07, 6.45) is 1.66. The van der Waals surface area contributed by atoms with E-state index < -0.39 is 16.8 Å². The minimum Gasteiger partial charge on any atom is -0.354 e. The fourth-order valence-electron chi connectivity index (χ4n) is 4.33. The van der Waals surface area contributed by atoms with Crippen LogP contribution in [0.15, 0.2) is 24.3 Å². The van der Waals surface area contributed by atoms with Crippen molar-refractivity contribution in [2.75, 3.05) is 6.54 Å². The standard InChI is InChI=1S/C24H35N3O3S/c1-7-15(4)18(20(28)25-13-12-14(2)3)26-21(29)19-24(5,6)31-23-17-11-9-8-10-16(17)22(30)27(19)23/h8-11,14-15,18-19,23H,7,12-13H2,1-6H3,(H,25,28)(H,26,29)/t15-,18-,19-,23+/m0/s1. The van der Waals surface area contributed by atoms with E-state index in [1.165, 1.54) is 0 Å². The van der Waals surface area contributed by atoms with E-state index in [1.54, 1.807) is 16.7 Å². The summed E-state index contributed by atoms with van der Waals surface area (Å²) in [5, 5.41) is 5.81. The number of nitrogens with zero attached hydrogens (tertiary/aromatic N) is 1. The number of hydrogen-bond donors (Lipinski definition) is 2. The summed E-state index contributed by atoms with van der Waals surface area (Å²) < 4.78 is -0.466. The van der Waals surface area contributed by atoms with Crippen LogP contribution in [0.5, 0.6) is 0 Å². The molecule has 2 aliphatic heterocycles. The Kier molecular flexibility index (Phi) is 7.04. The fourth-order valence-corrected chi connectivity index (χ4v) is 5.92. The van der Waals surface area contributed by atoms with Crippen LogP contribution in [0, 0.1) is 11.8 Å². The summed E-state index contributed by atoms with van der Waals surface area (Å²) in [7, 11) is 0. The molecular formula is C24H35N3O3S. The number of benzene rings is 1. The lowest BCUT2D eigenvalue weighted by Gasteiger charge is -2.32. The van der Waals surface area contributed by atoms with Crippen LogP contribution in [-0.2, 0) is 9.59 Å². The summed E-state index contributed by atoms with van der Waals surface area (Å²) in [6.45, 7) is 12.8. The molecule has 3 amide bonds. The van der Waals surface area contributed by atoms with E-state index in [1.807, 2.05) is 52.0 Å². The third-order valence-corrected chi connectivity index (χ3v) is 7.89. The SMILES string of the molecule is CC[C@H](C)[C@H](NC(=O)[C@@H]1N2C(=O)c3ccccc3[C@H]2SC1(C)C)C(=O)NCCC(C)C. The van der Waals surface area contributed by atoms with E-state index in [9.17, 15) is 14.4 Å². The normalized spacial score (nSPS) is 23.3. The number of fused-ring (bicyclic) bond motifs is 3. The molecule has 0 aliphatic carbocycles. The Morgan fingerprint density at radius 1 is 1.19 bits per heavy atom. The molecule has 170 valence electrons. The summed E-state index contributed by atoms with van der Waals surface area (Å²) in [5.41, 5.74) is 1.63. The maximum absolute atomic E-state index is 13.5. The van der Waals surface area contributed by atoms with E-state index in [0.29, 0.717) is 18.0 Å². The minimum absolute atomic E-state index is 0.0116. The zero-order valence-corrected chi connectivity index (χ0v) is 20.2. The largest absolute Gasteiger partial charge is 0.354 e. The first kappa shape index (κ1) is 23.6. The molecule has 2 N–H and O–H groups in total. The number of rotatable bonds is 8. The van der Waals surface area contributed by atoms with Gasteiger partial charge in [0.2, 0.25) is 11.8 Å². The lowest BCUT2D eigenvalue weighted by atomic mass is 9.95. The van der Waals surface area contributed by atoms with Crippen LogP contribution < -0.4 is 10.6 Å². The van der Waals surface area contributed by atoms with Gasteiger partial charge in [0.05, 0.1) is 0 Å². The summed E-state index contributed by atoms with van der Waals surface area (Å²) >= 11 is 1.63. The van der Waals surface area contributed by atoms with Crippen molar-refractivity contribution in [3.63, 3.8) is 0 Å². The highest BCUT2D eigenvalue weighted by molar-refractivity contribution is 8.01. The Bertz CT molecular complexity index is 854. The van der Waals surface area contributed by atoms with Crippen molar-refractivity contribution in [1.82, 2.24) is 15.5 Å². The molecule has 2 aliphatic rings. The van der Waals surface area contributed by atoms with E-state index in [2.05, 4.69) is 24.5 Å². The van der Waals surface area contributed by atoms with Gasteiger partial charge in [0.1, 0.15) is 17.5 Å². The van der Waals surface area contributed by atoms with E-state index >= 15 is 0 Å². The van der Waals surface area contributed by atoms with Gasteiger partial charge < -0.3 is 15.5 Å². The van der Waals surface area contributed by atoms with Crippen LogP contribution in [-0.4, -0.2) is 46.0 Å². The van der Waals surface area contributed by atoms with Crippen molar-refractivity contribution in [1.29, 1.82) is 0 Å². The summed E-state index contributed by atoms with van der Waals surface area (Å²) in [4.78, 5) is 41.3. The molecule has 31 heavy (non-hydrogen) atoms. The number of thioether (sulfide) groups is 1. The van der Waals surface area contributed by atoms with Crippen molar-refractivity contribution in [3.8, 4) is 0 Å². The Morgan fingerprint density at radius 3 is 2.52 bits per heavy atom. The molecule has 1 aromatic carbocycles. The third-order valence-electron chi connectivity index (χ3n) is 6.36. The Labute approximate surface area is 189 Å². The lowest BCUT2D eigenvalue weighted by Crippen LogP contribution is -2.58. The molecule has 1 saturated heterocycles. The molecule has 2 heterocycles. The van der Waals surface area contributed by atoms with E-state index in [-0.39, 0.29) is 29.0 Å². The number of amides is 3. The second kappa shape index (κ2) is 9.23. The molecule has 0 spiro atoms. The summed E-state index contributed by atoms with van der Waals surface area (Å²) in [6, 6.07) is 6.30. The van der Waals surface area contributed by atoms with Crippen LogP contribution in [0.4, 0.5) is 0 Å². The first-order chi connectivity index (χ1) is 14.6. The number of carbonyl (C=O) groups is 3. The average molecular weight is 446 g/mol. The van der Waals surface area contributed by atoms with Crippen LogP contribution in [0.3, 0.4) is 0 Å². The quantitative estimate of drug-likeness (QED) is 0.639. The molecule has 0 bridgehead atoms. The molecule has 0 saturated carbocycles. The van der Waals surface area contributed by atoms with Gasteiger partial charge in [-0.05, 0) is 43.7 Å². The highest BCUT2D eigenvalue weighted by Gasteiger charge is 2.57. The van der Waals surface area contributed by atoms with Gasteiger partial charge in [0.15, 0.2) is 0 Å². The second-order valence-electron chi connectivity index (χ2n) is 9.62. The molecule has 0 radical (unpaired) electrons. The van der Waals surface area contributed by atoms with Crippen LogP contribution >= 0.6 is 11.8 Å². The molecule has 6 nitrogen and oxygen atoms in total. The number of hydrogen-bond acceptors (Lipinski definition) is 4. The number of nitrogens with one attached hydrogen (secondary N) is 2. The van der Waals surface area contributed by atoms with Gasteiger partial charge >= 0.3 is 0 Å². The maximum atomic E-state index is 13.5. The molecule has 4 atom stereocenters. The van der Waals surface area contributed by atoms with Crippen molar-refractivity contribution in [2.24, 2.45) is 11.8 Å². The average Bonchev–Trinajstić information content (AvgIpc) is 3.14. The highest BCUT2D eigenvalue weighted by Crippen LogP contribution is 2.56. The molecule has 0 aromatic heterocycles. The molecule has 3 rings (SSSR count). The first-order valence-electron chi connectivity index (χ1n) is 11.3. The van der Waals surface area contributed by atoms with Gasteiger partial charge in [-0.3, -0.25) is 14.4 Å². The lowest BCUT2D eigenvalue weighted by molar-refractivity contribution is -0.133. The zero-order chi connectivity index (χ0) is 22.9. The molecule has 0 unspecified atom stereocenters. The maximum Gasteiger partial charge on any atom is 0.256 e. The third kappa shape index (κ3) is 4.61. The predicted octanol–water partition coefficient (Wildman–Crippen LogP) is 3.73. The minimum atomic E-state index is -0.641. The molecular weight excluding hydrogens is 410 g/mol. The smallest absolute Gasteiger partial charge is 0.256 e. The van der Waals surface area contributed by atoms with Gasteiger partial charge in [-0.25, -0.2) is 0 Å². The van der Waals surface area contributed by atoms with Crippen molar-refractivity contribution in [2.45, 2.75) is 76.6 Å². The van der Waals surface area contributed by atoms with Crippen LogP contribution in [0.2, 0.25) is 0 Å². The molecule has 7 heteroatoms. The van der Waals surface area contributed by atoms with E-state index in [4.69, 9.17) is 0 Å². The second-order valence-corrected chi connectivity index (χ2v) is 11.4. The Balaban J connectivity index is 1.80. The van der Waals surface area contributed by atoms with Crippen molar-refractivity contribution in [3.05, 3.63) is 35.4 Å². The van der Waals surface area contributed by atoms with Gasteiger partial charge in [-0.1, -0.05) is 52.3 Å². The Hall–Kier alpha value is -2.02. The molecule has 1 aromatic rings. The van der Waals surface area contributed by atoms with E-state index in [0.717, 1.165) is 18.4 Å². The predicted molar refractivity (Wildman–Crippen MR) is 125 cm³/mol. The topological polar surface area (TPSA) is 78.5 Å². The molecule has 1 fully saturated rings. The Morgan fingerprint density at radius 2 is 1.87 bits per heavy atom. The van der Waals surface area contributed by atoms with Crippen LogP contribution in [0.25, 0.3) is 0 Å². The van der Waals surface area contributed by atoms with Crippen molar-refractivity contribution < 1.29 is 14.4 Å². The first-order valence-corrected chi connectivity index (χ1v) is 12.1. The van der Waals surface area contributed by atoms with Gasteiger partial charge in [0, 0.05) is 16.9 Å². The van der Waals surface area contributed by atoms with Gasteiger partial charge in [-0.2, -0.15) is 0 Å². The fraction of sp³-hybridized carbons (Fsp3) is 0.625. The van der Waals surface area contributed by atoms with Gasteiger partial charge in [0.25, 0.3) is 5.91 Å². The zero-order valence-electron chi connectivity index (χ0n) is 19.4.